The van der Waals surface area contributed by atoms with Crippen LogP contribution in [0.4, 0.5) is 5.69 Å². The zero-order valence-corrected chi connectivity index (χ0v) is 8.93. The molecule has 14 heavy (non-hydrogen) atoms. The molecule has 2 rings (SSSR count). The van der Waals surface area contributed by atoms with Gasteiger partial charge in [0.15, 0.2) is 0 Å². The van der Waals surface area contributed by atoms with Crippen LogP contribution in [-0.4, -0.2) is 17.3 Å². The summed E-state index contributed by atoms with van der Waals surface area (Å²) in [4.78, 5) is 0. The van der Waals surface area contributed by atoms with Gasteiger partial charge in [0.25, 0.3) is 0 Å². The highest BCUT2D eigenvalue weighted by Crippen LogP contribution is 2.34. The van der Waals surface area contributed by atoms with Crippen LogP contribution in [0.3, 0.4) is 0 Å². The molecule has 0 bridgehead atoms. The van der Waals surface area contributed by atoms with Gasteiger partial charge in [-0.05, 0) is 37.5 Å². The second-order valence-electron chi connectivity index (χ2n) is 4.11. The van der Waals surface area contributed by atoms with Crippen molar-refractivity contribution in [2.75, 3.05) is 11.9 Å². The molecule has 2 nitrogen and oxygen atoms in total. The van der Waals surface area contributed by atoms with Crippen molar-refractivity contribution >= 4 is 17.3 Å². The zero-order chi connectivity index (χ0) is 10.2. The molecule has 3 heteroatoms. The highest BCUT2D eigenvalue weighted by Gasteiger charge is 2.28. The Kier molecular flexibility index (Phi) is 2.41. The first-order valence-electron chi connectivity index (χ1n) is 4.81. The van der Waals surface area contributed by atoms with E-state index in [2.05, 4.69) is 5.32 Å². The topological polar surface area (TPSA) is 32.3 Å². The van der Waals surface area contributed by atoms with Crippen molar-refractivity contribution in [1.82, 2.24) is 0 Å². The van der Waals surface area contributed by atoms with Crippen LogP contribution in [0.1, 0.15) is 18.9 Å². The lowest BCUT2D eigenvalue weighted by atomic mass is 9.88. The van der Waals surface area contributed by atoms with Gasteiger partial charge < -0.3 is 10.4 Å². The number of halogens is 1. The minimum atomic E-state index is -0.197. The third kappa shape index (κ3) is 1.60. The molecule has 1 unspecified atom stereocenters. The van der Waals surface area contributed by atoms with E-state index in [1.165, 1.54) is 5.56 Å². The van der Waals surface area contributed by atoms with E-state index < -0.39 is 0 Å². The molecule has 0 amide bonds. The van der Waals surface area contributed by atoms with E-state index in [1.807, 2.05) is 25.1 Å². The molecule has 0 aromatic heterocycles. The van der Waals surface area contributed by atoms with Crippen LogP contribution in [0.25, 0.3) is 0 Å². The standard InChI is InChI=1S/C11H14ClNO/c1-11(7-14)6-5-8-9(12)3-2-4-10(8)13-11/h2-4,13-14H,5-7H2,1H3. The normalized spacial score (nSPS) is 25.4. The van der Waals surface area contributed by atoms with Crippen molar-refractivity contribution < 1.29 is 5.11 Å². The summed E-state index contributed by atoms with van der Waals surface area (Å²) in [7, 11) is 0. The molecule has 1 aliphatic rings. The van der Waals surface area contributed by atoms with Gasteiger partial charge in [-0.25, -0.2) is 0 Å². The summed E-state index contributed by atoms with van der Waals surface area (Å²) < 4.78 is 0. The third-order valence-corrected chi connectivity index (χ3v) is 3.19. The maximum Gasteiger partial charge on any atom is 0.0658 e. The number of fused-ring (bicyclic) bond motifs is 1. The Labute approximate surface area is 88.9 Å². The zero-order valence-electron chi connectivity index (χ0n) is 8.18. The number of benzene rings is 1. The van der Waals surface area contributed by atoms with Crippen LogP contribution in [0.5, 0.6) is 0 Å². The largest absolute Gasteiger partial charge is 0.394 e. The molecule has 1 heterocycles. The van der Waals surface area contributed by atoms with Crippen LogP contribution in [0.2, 0.25) is 5.02 Å². The molecule has 1 aromatic carbocycles. The van der Waals surface area contributed by atoms with Crippen molar-refractivity contribution in [1.29, 1.82) is 0 Å². The second kappa shape index (κ2) is 3.44. The maximum absolute atomic E-state index is 9.25. The van der Waals surface area contributed by atoms with E-state index in [0.717, 1.165) is 23.6 Å². The number of hydrogen-bond donors (Lipinski definition) is 2. The van der Waals surface area contributed by atoms with Gasteiger partial charge >= 0.3 is 0 Å². The molecule has 2 N–H and O–H groups in total. The molecule has 76 valence electrons. The molecule has 1 aromatic rings. The Hall–Kier alpha value is -0.730. The van der Waals surface area contributed by atoms with E-state index in [4.69, 9.17) is 11.6 Å². The summed E-state index contributed by atoms with van der Waals surface area (Å²) in [5, 5.41) is 13.4. The minimum absolute atomic E-state index is 0.152. The van der Waals surface area contributed by atoms with Crippen LogP contribution in [0, 0.1) is 0 Å². The van der Waals surface area contributed by atoms with Crippen LogP contribution < -0.4 is 5.32 Å². The molecule has 1 atom stereocenters. The molecular weight excluding hydrogens is 198 g/mol. The first-order valence-corrected chi connectivity index (χ1v) is 5.19. The van der Waals surface area contributed by atoms with Crippen molar-refractivity contribution in [3.8, 4) is 0 Å². The Morgan fingerprint density at radius 3 is 3.07 bits per heavy atom. The van der Waals surface area contributed by atoms with Crippen molar-refractivity contribution in [2.24, 2.45) is 0 Å². The van der Waals surface area contributed by atoms with Crippen molar-refractivity contribution in [3.05, 3.63) is 28.8 Å². The predicted molar refractivity (Wildman–Crippen MR) is 58.9 cm³/mol. The molecule has 0 spiro atoms. The number of aliphatic hydroxyl groups excluding tert-OH is 1. The number of anilines is 1. The highest BCUT2D eigenvalue weighted by molar-refractivity contribution is 6.31. The summed E-state index contributed by atoms with van der Waals surface area (Å²) in [5.74, 6) is 0. The lowest BCUT2D eigenvalue weighted by Gasteiger charge is -2.35. The van der Waals surface area contributed by atoms with E-state index in [9.17, 15) is 5.11 Å². The van der Waals surface area contributed by atoms with Gasteiger partial charge in [0, 0.05) is 10.7 Å². The third-order valence-electron chi connectivity index (χ3n) is 2.83. The molecule has 1 aliphatic heterocycles. The Morgan fingerprint density at radius 1 is 1.57 bits per heavy atom. The lowest BCUT2D eigenvalue weighted by Crippen LogP contribution is -2.42. The molecule has 0 radical (unpaired) electrons. The Balaban J connectivity index is 2.36. The average molecular weight is 212 g/mol. The first-order chi connectivity index (χ1) is 6.64. The van der Waals surface area contributed by atoms with Gasteiger partial charge in [-0.2, -0.15) is 0 Å². The van der Waals surface area contributed by atoms with Gasteiger partial charge in [0.1, 0.15) is 0 Å². The van der Waals surface area contributed by atoms with Crippen LogP contribution in [-0.2, 0) is 6.42 Å². The molecular formula is C11H14ClNO. The van der Waals surface area contributed by atoms with E-state index in [-0.39, 0.29) is 12.1 Å². The maximum atomic E-state index is 9.25. The Bertz CT molecular complexity index is 353. The summed E-state index contributed by atoms with van der Waals surface area (Å²) >= 11 is 6.08. The van der Waals surface area contributed by atoms with E-state index >= 15 is 0 Å². The molecule has 0 saturated carbocycles. The van der Waals surface area contributed by atoms with Gasteiger partial charge in [-0.3, -0.25) is 0 Å². The first kappa shape index (κ1) is 9.81. The second-order valence-corrected chi connectivity index (χ2v) is 4.52. The lowest BCUT2D eigenvalue weighted by molar-refractivity contribution is 0.212. The van der Waals surface area contributed by atoms with Gasteiger partial charge in [-0.15, -0.1) is 0 Å². The SMILES string of the molecule is CC1(CO)CCc2c(Cl)cccc2N1. The monoisotopic (exact) mass is 211 g/mol. The predicted octanol–water partition coefficient (Wildman–Crippen LogP) is 2.45. The van der Waals surface area contributed by atoms with Crippen LogP contribution >= 0.6 is 11.6 Å². The van der Waals surface area contributed by atoms with Crippen LogP contribution in [0.15, 0.2) is 18.2 Å². The van der Waals surface area contributed by atoms with Gasteiger partial charge in [0.05, 0.1) is 12.1 Å². The van der Waals surface area contributed by atoms with E-state index in [0.29, 0.717) is 0 Å². The average Bonchev–Trinajstić information content (AvgIpc) is 2.18. The summed E-state index contributed by atoms with van der Waals surface area (Å²) in [6, 6.07) is 5.84. The number of aliphatic hydroxyl groups is 1. The fraction of sp³-hybridized carbons (Fsp3) is 0.455. The number of rotatable bonds is 1. The fourth-order valence-corrected chi connectivity index (χ4v) is 2.11. The van der Waals surface area contributed by atoms with E-state index in [1.54, 1.807) is 0 Å². The van der Waals surface area contributed by atoms with Crippen molar-refractivity contribution in [3.63, 3.8) is 0 Å². The smallest absolute Gasteiger partial charge is 0.0658 e. The fourth-order valence-electron chi connectivity index (χ4n) is 1.84. The molecule has 0 aliphatic carbocycles. The molecule has 0 fully saturated rings. The van der Waals surface area contributed by atoms with Crippen molar-refractivity contribution in [2.45, 2.75) is 25.3 Å². The van der Waals surface area contributed by atoms with Gasteiger partial charge in [-0.1, -0.05) is 17.7 Å². The summed E-state index contributed by atoms with van der Waals surface area (Å²) in [5.41, 5.74) is 2.03. The quantitative estimate of drug-likeness (QED) is 0.748. The summed E-state index contributed by atoms with van der Waals surface area (Å²) in [6.07, 6.45) is 1.85. The van der Waals surface area contributed by atoms with Gasteiger partial charge in [0.2, 0.25) is 0 Å². The highest BCUT2D eigenvalue weighted by atomic mass is 35.5. The minimum Gasteiger partial charge on any atom is -0.394 e. The number of nitrogens with one attached hydrogen (secondary N) is 1. The summed E-state index contributed by atoms with van der Waals surface area (Å²) in [6.45, 7) is 2.18. The Morgan fingerprint density at radius 2 is 2.36 bits per heavy atom. The molecule has 0 saturated heterocycles. The number of hydrogen-bond acceptors (Lipinski definition) is 2.